The molecule has 1 aromatic rings. The zero-order valence-electron chi connectivity index (χ0n) is 19.1. The Labute approximate surface area is 188 Å². The van der Waals surface area contributed by atoms with E-state index in [0.717, 1.165) is 32.1 Å². The number of ether oxygens (including phenoxy) is 2. The Morgan fingerprint density at radius 3 is 2.26 bits per heavy atom. The van der Waals surface area contributed by atoms with Crippen LogP contribution in [-0.2, 0) is 14.3 Å². The van der Waals surface area contributed by atoms with Crippen LogP contribution < -0.4 is 0 Å². The molecule has 1 unspecified atom stereocenters. The molecule has 1 atom stereocenters. The quantitative estimate of drug-likeness (QED) is 0.165. The van der Waals surface area contributed by atoms with Gasteiger partial charge in [0.05, 0.1) is 19.3 Å². The van der Waals surface area contributed by atoms with E-state index in [1.807, 2.05) is 25.1 Å². The first kappa shape index (κ1) is 26.4. The van der Waals surface area contributed by atoms with Gasteiger partial charge >= 0.3 is 11.9 Å². The van der Waals surface area contributed by atoms with Crippen LogP contribution in [0.1, 0.15) is 75.1 Å². The molecule has 0 saturated heterocycles. The lowest BCUT2D eigenvalue weighted by Crippen LogP contribution is -2.10. The Hall–Kier alpha value is -2.62. The first-order valence-corrected chi connectivity index (χ1v) is 11.4. The lowest BCUT2D eigenvalue weighted by atomic mass is 10.1. The second-order valence-corrected chi connectivity index (χ2v) is 7.67. The molecule has 0 spiro atoms. The zero-order valence-corrected chi connectivity index (χ0v) is 19.1. The molecule has 31 heavy (non-hydrogen) atoms. The van der Waals surface area contributed by atoms with Gasteiger partial charge in [-0.05, 0) is 44.2 Å². The molecule has 4 nitrogen and oxygen atoms in total. The molecule has 0 saturated carbocycles. The number of benzene rings is 1. The van der Waals surface area contributed by atoms with Crippen molar-refractivity contribution in [2.45, 2.75) is 64.7 Å². The van der Waals surface area contributed by atoms with Crippen molar-refractivity contribution in [3.63, 3.8) is 0 Å². The van der Waals surface area contributed by atoms with E-state index in [9.17, 15) is 9.59 Å². The Morgan fingerprint density at radius 1 is 0.871 bits per heavy atom. The van der Waals surface area contributed by atoms with E-state index in [1.54, 1.807) is 12.1 Å². The summed E-state index contributed by atoms with van der Waals surface area (Å²) in [5.74, 6) is -0.183. The van der Waals surface area contributed by atoms with E-state index in [1.165, 1.54) is 26.4 Å². The molecule has 4 heteroatoms. The smallest absolute Gasteiger partial charge is 0.338 e. The minimum atomic E-state index is -0.272. The average Bonchev–Trinajstić information content (AvgIpc) is 2.80. The Balaban J connectivity index is 1.98. The maximum absolute atomic E-state index is 11.9. The molecule has 1 rings (SSSR count). The summed E-state index contributed by atoms with van der Waals surface area (Å²) in [4.78, 5) is 22.9. The Kier molecular flexibility index (Phi) is 15.5. The molecule has 0 radical (unpaired) electrons. The Morgan fingerprint density at radius 2 is 1.52 bits per heavy atom. The molecule has 0 bridgehead atoms. The van der Waals surface area contributed by atoms with Crippen molar-refractivity contribution in [2.75, 3.05) is 13.7 Å². The normalized spacial score (nSPS) is 12.6. The van der Waals surface area contributed by atoms with Gasteiger partial charge < -0.3 is 9.47 Å². The van der Waals surface area contributed by atoms with Crippen molar-refractivity contribution in [1.82, 2.24) is 0 Å². The third kappa shape index (κ3) is 14.9. The molecule has 0 aliphatic heterocycles. The zero-order chi connectivity index (χ0) is 22.6. The van der Waals surface area contributed by atoms with Gasteiger partial charge in [0, 0.05) is 12.3 Å². The van der Waals surface area contributed by atoms with Crippen molar-refractivity contribution in [2.24, 2.45) is 5.92 Å². The van der Waals surface area contributed by atoms with Crippen LogP contribution in [0.3, 0.4) is 0 Å². The maximum Gasteiger partial charge on any atom is 0.338 e. The summed E-state index contributed by atoms with van der Waals surface area (Å²) in [5, 5.41) is 0. The van der Waals surface area contributed by atoms with Gasteiger partial charge in [0.2, 0.25) is 0 Å². The molecule has 0 fully saturated rings. The van der Waals surface area contributed by atoms with Gasteiger partial charge in [0.25, 0.3) is 0 Å². The number of unbranched alkanes of at least 4 members (excludes halogenated alkanes) is 5. The monoisotopic (exact) mass is 426 g/mol. The average molecular weight is 427 g/mol. The van der Waals surface area contributed by atoms with Crippen LogP contribution in [0.15, 0.2) is 66.8 Å². The summed E-state index contributed by atoms with van der Waals surface area (Å²) in [7, 11) is 1.44. The Bertz CT molecular complexity index is 688. The molecule has 0 heterocycles. The summed E-state index contributed by atoms with van der Waals surface area (Å²) < 4.78 is 9.97. The van der Waals surface area contributed by atoms with E-state index in [4.69, 9.17) is 4.74 Å². The molecular weight excluding hydrogens is 388 g/mol. The van der Waals surface area contributed by atoms with Crippen LogP contribution in [0.5, 0.6) is 0 Å². The van der Waals surface area contributed by atoms with Crippen LogP contribution in [0, 0.1) is 5.92 Å². The van der Waals surface area contributed by atoms with Crippen molar-refractivity contribution in [3.05, 3.63) is 72.4 Å². The number of methoxy groups -OCH3 is 1. The third-order valence-electron chi connectivity index (χ3n) is 4.81. The van der Waals surface area contributed by atoms with Gasteiger partial charge in [-0.25, -0.2) is 4.79 Å². The number of rotatable bonds is 16. The van der Waals surface area contributed by atoms with E-state index in [0.29, 0.717) is 18.6 Å². The molecule has 0 amide bonds. The van der Waals surface area contributed by atoms with Crippen LogP contribution in [0.25, 0.3) is 0 Å². The van der Waals surface area contributed by atoms with Crippen LogP contribution in [0.2, 0.25) is 0 Å². The topological polar surface area (TPSA) is 52.6 Å². The van der Waals surface area contributed by atoms with Gasteiger partial charge in [0.15, 0.2) is 0 Å². The fourth-order valence-corrected chi connectivity index (χ4v) is 2.96. The third-order valence-corrected chi connectivity index (χ3v) is 4.81. The van der Waals surface area contributed by atoms with Crippen molar-refractivity contribution in [3.8, 4) is 0 Å². The minimum absolute atomic E-state index is 0.106. The highest BCUT2D eigenvalue weighted by Gasteiger charge is 2.07. The first-order valence-electron chi connectivity index (χ1n) is 11.4. The van der Waals surface area contributed by atoms with Gasteiger partial charge in [0.1, 0.15) is 0 Å². The highest BCUT2D eigenvalue weighted by atomic mass is 16.5. The second kappa shape index (κ2) is 18.2. The van der Waals surface area contributed by atoms with Crippen LogP contribution in [-0.4, -0.2) is 25.7 Å². The summed E-state index contributed by atoms with van der Waals surface area (Å²) in [6.45, 7) is 2.43. The predicted molar refractivity (Wildman–Crippen MR) is 127 cm³/mol. The maximum atomic E-state index is 11.9. The minimum Gasteiger partial charge on any atom is -0.469 e. The van der Waals surface area contributed by atoms with Crippen molar-refractivity contribution in [1.29, 1.82) is 0 Å². The predicted octanol–water partition coefficient (Wildman–Crippen LogP) is 6.83. The molecule has 0 aliphatic carbocycles. The SMILES string of the molecule is COC(=O)CCCCCCCC=CCC=CCC=CC(C)COC(=O)c1ccccc1. The number of hydrogen-bond donors (Lipinski definition) is 0. The number of esters is 2. The fourth-order valence-electron chi connectivity index (χ4n) is 2.96. The first-order chi connectivity index (χ1) is 15.1. The van der Waals surface area contributed by atoms with E-state index < -0.39 is 0 Å². The number of carbonyl (C=O) groups excluding carboxylic acids is 2. The molecule has 0 N–H and O–H groups in total. The summed E-state index contributed by atoms with van der Waals surface area (Å²) in [5.41, 5.74) is 0.588. The number of carbonyl (C=O) groups is 2. The van der Waals surface area contributed by atoms with Crippen molar-refractivity contribution < 1.29 is 19.1 Å². The van der Waals surface area contributed by atoms with Crippen molar-refractivity contribution >= 4 is 11.9 Å². The molecule has 1 aromatic carbocycles. The van der Waals surface area contributed by atoms with E-state index >= 15 is 0 Å². The van der Waals surface area contributed by atoms with Crippen LogP contribution >= 0.6 is 0 Å². The second-order valence-electron chi connectivity index (χ2n) is 7.67. The standard InChI is InChI=1S/C27H38O4/c1-24(23-31-27(29)25-20-16-14-17-21-25)19-15-12-10-8-6-4-3-5-7-9-11-13-18-22-26(28)30-2/h3-4,8,10,14-17,19-21,24H,5-7,9,11-13,18,22-23H2,1-2H3. The lowest BCUT2D eigenvalue weighted by Gasteiger charge is -2.08. The van der Waals surface area contributed by atoms with Gasteiger partial charge in [-0.2, -0.15) is 0 Å². The lowest BCUT2D eigenvalue weighted by molar-refractivity contribution is -0.140. The summed E-state index contributed by atoms with van der Waals surface area (Å²) in [6, 6.07) is 9.07. The van der Waals surface area contributed by atoms with E-state index in [-0.39, 0.29) is 17.9 Å². The molecular formula is C27H38O4. The molecule has 0 aliphatic rings. The summed E-state index contributed by atoms with van der Waals surface area (Å²) in [6.07, 6.45) is 22.1. The van der Waals surface area contributed by atoms with Crippen LogP contribution in [0.4, 0.5) is 0 Å². The molecule has 170 valence electrons. The fraction of sp³-hybridized carbons (Fsp3) is 0.481. The highest BCUT2D eigenvalue weighted by Crippen LogP contribution is 2.08. The van der Waals surface area contributed by atoms with Gasteiger partial charge in [-0.1, -0.05) is 80.8 Å². The number of hydrogen-bond acceptors (Lipinski definition) is 4. The van der Waals surface area contributed by atoms with Gasteiger partial charge in [-0.3, -0.25) is 4.79 Å². The number of allylic oxidation sites excluding steroid dienone is 5. The summed E-state index contributed by atoms with van der Waals surface area (Å²) >= 11 is 0. The van der Waals surface area contributed by atoms with E-state index in [2.05, 4.69) is 41.2 Å². The largest absolute Gasteiger partial charge is 0.469 e. The van der Waals surface area contributed by atoms with Gasteiger partial charge in [-0.15, -0.1) is 0 Å². The highest BCUT2D eigenvalue weighted by molar-refractivity contribution is 5.89. The molecule has 0 aromatic heterocycles.